The molecule has 0 amide bonds. The average Bonchev–Trinajstić information content (AvgIpc) is 3.87. The number of benzene rings is 7. The first-order valence-electron chi connectivity index (χ1n) is 20.9. The van der Waals surface area contributed by atoms with Crippen molar-refractivity contribution in [2.45, 2.75) is 0 Å². The SMILES string of the molecule is [2H]c1c([2H])c([2H])c2c(sc3c([2H])c([2H])c4c5c([2H])c([2H])c([2H])c([2H])c5n(-c5nc(-c6ccccc6)nc(-c6ccc(-c7cccc(-c8ccccc8)c7)cc6)n5)c4c32)c1[2H]. The van der Waals surface area contributed by atoms with Crippen molar-refractivity contribution in [2.75, 3.05) is 0 Å². The van der Waals surface area contributed by atoms with Crippen molar-refractivity contribution in [1.29, 1.82) is 0 Å². The minimum Gasteiger partial charge on any atom is -0.277 e. The van der Waals surface area contributed by atoms with Crippen LogP contribution in [0.2, 0.25) is 0 Å². The molecule has 5 heteroatoms. The van der Waals surface area contributed by atoms with Crippen molar-refractivity contribution in [1.82, 2.24) is 19.5 Å². The van der Waals surface area contributed by atoms with Crippen LogP contribution >= 0.6 is 11.3 Å². The van der Waals surface area contributed by atoms with Crippen molar-refractivity contribution in [3.05, 3.63) is 170 Å². The number of fused-ring (bicyclic) bond motifs is 7. The number of nitrogens with zero attached hydrogens (tertiary/aromatic N) is 4. The van der Waals surface area contributed by atoms with Gasteiger partial charge in [-0.15, -0.1) is 11.3 Å². The van der Waals surface area contributed by atoms with Gasteiger partial charge in [-0.3, -0.25) is 4.57 Å². The normalized spacial score (nSPS) is 14.4. The molecule has 0 unspecified atom stereocenters. The van der Waals surface area contributed by atoms with Crippen LogP contribution in [0.1, 0.15) is 13.7 Å². The molecule has 10 aromatic rings. The van der Waals surface area contributed by atoms with Gasteiger partial charge in [0.25, 0.3) is 0 Å². The number of thiophene rings is 1. The molecule has 4 nitrogen and oxygen atoms in total. The molecule has 7 aromatic carbocycles. The van der Waals surface area contributed by atoms with E-state index in [2.05, 4.69) is 24.3 Å². The van der Waals surface area contributed by atoms with E-state index in [1.54, 1.807) is 0 Å². The fourth-order valence-corrected chi connectivity index (χ4v) is 7.40. The van der Waals surface area contributed by atoms with Gasteiger partial charge in [0, 0.05) is 42.1 Å². The van der Waals surface area contributed by atoms with E-state index in [0.717, 1.165) is 33.6 Å². The summed E-state index contributed by atoms with van der Waals surface area (Å²) in [5, 5.41) is 0.258. The maximum atomic E-state index is 9.32. The van der Waals surface area contributed by atoms with Gasteiger partial charge in [-0.2, -0.15) is 9.97 Å². The minimum absolute atomic E-state index is 0.00641. The Balaban J connectivity index is 1.29. The molecule has 50 heavy (non-hydrogen) atoms. The quantitative estimate of drug-likeness (QED) is 0.184. The summed E-state index contributed by atoms with van der Waals surface area (Å²) in [7, 11) is 0. The molecular weight excluding hydrogens is 629 g/mol. The van der Waals surface area contributed by atoms with Crippen molar-refractivity contribution in [2.24, 2.45) is 0 Å². The Morgan fingerprint density at radius 1 is 0.460 bits per heavy atom. The standard InChI is InChI=1S/C45H28N4S/c1-3-12-29(13-4-1)33-16-11-17-34(28-33)30-22-24-32(25-23-30)44-46-43(31-14-5-2-6-15-31)47-45(48-44)49-38-20-9-7-18-35(38)36-26-27-40-41(42(36)49)37-19-8-10-21-39(37)50-40/h1-28H/i7D,8D,9D,10D,18D,19D,20D,21D,26D,27D. The van der Waals surface area contributed by atoms with Crippen LogP contribution in [0, 0.1) is 0 Å². The van der Waals surface area contributed by atoms with E-state index in [0.29, 0.717) is 11.1 Å². The number of aromatic nitrogens is 4. The van der Waals surface area contributed by atoms with Crippen LogP contribution in [-0.4, -0.2) is 19.5 Å². The lowest BCUT2D eigenvalue weighted by atomic mass is 9.98. The predicted octanol–water partition coefficient (Wildman–Crippen LogP) is 12.0. The molecule has 0 bridgehead atoms. The maximum Gasteiger partial charge on any atom is 0.238 e. The Bertz CT molecular complexity index is 3430. The van der Waals surface area contributed by atoms with E-state index in [1.165, 1.54) is 4.57 Å². The fourth-order valence-electron chi connectivity index (χ4n) is 6.44. The smallest absolute Gasteiger partial charge is 0.238 e. The molecule has 0 saturated carbocycles. The van der Waals surface area contributed by atoms with Crippen molar-refractivity contribution in [3.8, 4) is 51.0 Å². The fraction of sp³-hybridized carbons (Fsp3) is 0. The van der Waals surface area contributed by atoms with Crippen molar-refractivity contribution < 1.29 is 13.7 Å². The van der Waals surface area contributed by atoms with Crippen molar-refractivity contribution >= 4 is 53.3 Å². The molecule has 0 fully saturated rings. The second-order valence-electron chi connectivity index (χ2n) is 11.7. The molecule has 0 radical (unpaired) electrons. The van der Waals surface area contributed by atoms with E-state index in [9.17, 15) is 2.74 Å². The Morgan fingerprint density at radius 2 is 1.04 bits per heavy atom. The van der Waals surface area contributed by atoms with E-state index < -0.39 is 36.3 Å². The zero-order chi connectivity index (χ0) is 41.7. The second-order valence-corrected chi connectivity index (χ2v) is 12.7. The molecule has 0 aliphatic heterocycles. The molecule has 234 valence electrons. The van der Waals surface area contributed by atoms with Crippen LogP contribution in [0.3, 0.4) is 0 Å². The number of hydrogen-bond donors (Lipinski definition) is 0. The third kappa shape index (κ3) is 4.71. The zero-order valence-electron chi connectivity index (χ0n) is 36.1. The molecule has 0 saturated heterocycles. The molecular formula is C45H28N4S. The second kappa shape index (κ2) is 11.6. The number of para-hydroxylation sites is 1. The molecule has 3 aromatic heterocycles. The Hall–Kier alpha value is -6.43. The highest BCUT2D eigenvalue weighted by Gasteiger charge is 2.21. The Labute approximate surface area is 306 Å². The summed E-state index contributed by atoms with van der Waals surface area (Å²) in [6.45, 7) is 0. The van der Waals surface area contributed by atoms with Gasteiger partial charge in [0.05, 0.1) is 24.7 Å². The maximum absolute atomic E-state index is 9.32. The lowest BCUT2D eigenvalue weighted by Crippen LogP contribution is -2.06. The Kier molecular flexibility index (Phi) is 4.69. The highest BCUT2D eigenvalue weighted by Crippen LogP contribution is 2.43. The van der Waals surface area contributed by atoms with Gasteiger partial charge in [0.15, 0.2) is 11.6 Å². The first-order chi connectivity index (χ1) is 28.9. The molecule has 3 heterocycles. The van der Waals surface area contributed by atoms with Gasteiger partial charge in [-0.1, -0.05) is 145 Å². The van der Waals surface area contributed by atoms with Crippen LogP contribution in [0.4, 0.5) is 0 Å². The molecule has 0 N–H and O–H groups in total. The number of rotatable bonds is 5. The van der Waals surface area contributed by atoms with E-state index in [1.807, 2.05) is 84.9 Å². The summed E-state index contributed by atoms with van der Waals surface area (Å²) in [5.74, 6) is 0.445. The molecule has 0 spiro atoms. The van der Waals surface area contributed by atoms with Crippen LogP contribution in [0.25, 0.3) is 93.0 Å². The average molecular weight is 667 g/mol. The third-order valence-electron chi connectivity index (χ3n) is 8.78. The number of hydrogen-bond acceptors (Lipinski definition) is 4. The third-order valence-corrected chi connectivity index (χ3v) is 9.80. The van der Waals surface area contributed by atoms with E-state index >= 15 is 0 Å². The summed E-state index contributed by atoms with van der Waals surface area (Å²) >= 11 is 0.956. The summed E-state index contributed by atoms with van der Waals surface area (Å²) in [5.41, 5.74) is 5.46. The van der Waals surface area contributed by atoms with Crippen molar-refractivity contribution in [3.63, 3.8) is 0 Å². The largest absolute Gasteiger partial charge is 0.277 e. The molecule has 0 aliphatic carbocycles. The van der Waals surface area contributed by atoms with Gasteiger partial charge in [0.2, 0.25) is 5.95 Å². The first-order valence-corrected chi connectivity index (χ1v) is 16.7. The van der Waals surface area contributed by atoms with Gasteiger partial charge in [-0.05, 0) is 46.4 Å². The highest BCUT2D eigenvalue weighted by molar-refractivity contribution is 7.26. The van der Waals surface area contributed by atoms with Gasteiger partial charge >= 0.3 is 0 Å². The predicted molar refractivity (Wildman–Crippen MR) is 209 cm³/mol. The van der Waals surface area contributed by atoms with Gasteiger partial charge in [-0.25, -0.2) is 4.98 Å². The minimum atomic E-state index is -0.537. The summed E-state index contributed by atoms with van der Waals surface area (Å²) in [4.78, 5) is 14.8. The lowest BCUT2D eigenvalue weighted by Gasteiger charge is -2.12. The monoisotopic (exact) mass is 666 g/mol. The first kappa shape index (κ1) is 20.2. The lowest BCUT2D eigenvalue weighted by molar-refractivity contribution is 0.955. The summed E-state index contributed by atoms with van der Waals surface area (Å²) in [6, 6.07) is 31.1. The van der Waals surface area contributed by atoms with E-state index in [4.69, 9.17) is 25.9 Å². The molecule has 0 aliphatic rings. The van der Waals surface area contributed by atoms with Crippen LogP contribution in [-0.2, 0) is 0 Å². The summed E-state index contributed by atoms with van der Waals surface area (Å²) < 4.78 is 90.8. The van der Waals surface area contributed by atoms with Crippen LogP contribution in [0.5, 0.6) is 0 Å². The summed E-state index contributed by atoms with van der Waals surface area (Å²) in [6.07, 6.45) is 0. The van der Waals surface area contributed by atoms with E-state index in [-0.39, 0.29) is 83.7 Å². The van der Waals surface area contributed by atoms with Crippen LogP contribution < -0.4 is 0 Å². The zero-order valence-corrected chi connectivity index (χ0v) is 26.9. The topological polar surface area (TPSA) is 43.6 Å². The van der Waals surface area contributed by atoms with Gasteiger partial charge in [0.1, 0.15) is 0 Å². The molecule has 0 atom stereocenters. The van der Waals surface area contributed by atoms with Crippen LogP contribution in [0.15, 0.2) is 170 Å². The molecule has 10 rings (SSSR count). The highest BCUT2D eigenvalue weighted by atomic mass is 32.1. The van der Waals surface area contributed by atoms with Gasteiger partial charge < -0.3 is 0 Å². The Morgan fingerprint density at radius 3 is 1.78 bits per heavy atom.